The van der Waals surface area contributed by atoms with Gasteiger partial charge in [0.05, 0.1) is 4.99 Å². The molecule has 0 aliphatic heterocycles. The molecule has 124 valence electrons. The van der Waals surface area contributed by atoms with Crippen molar-refractivity contribution in [3.63, 3.8) is 0 Å². The maximum absolute atomic E-state index is 5.21. The van der Waals surface area contributed by atoms with E-state index in [2.05, 4.69) is 52.2 Å². The second-order valence-corrected chi connectivity index (χ2v) is 6.21. The Balaban J connectivity index is 2.51. The van der Waals surface area contributed by atoms with Crippen LogP contribution in [0.5, 0.6) is 0 Å². The van der Waals surface area contributed by atoms with Gasteiger partial charge in [-0.05, 0) is 38.7 Å². The van der Waals surface area contributed by atoms with Crippen LogP contribution in [-0.4, -0.2) is 63.8 Å². The van der Waals surface area contributed by atoms with Gasteiger partial charge in [-0.1, -0.05) is 36.5 Å². The first-order valence-electron chi connectivity index (χ1n) is 7.87. The van der Waals surface area contributed by atoms with Gasteiger partial charge in [-0.15, -0.1) is 0 Å². The van der Waals surface area contributed by atoms with Gasteiger partial charge in [0.15, 0.2) is 0 Å². The summed E-state index contributed by atoms with van der Waals surface area (Å²) in [6.07, 6.45) is 1.85. The maximum atomic E-state index is 5.21. The summed E-state index contributed by atoms with van der Waals surface area (Å²) in [5.74, 6) is 0. The predicted molar refractivity (Wildman–Crippen MR) is 99.8 cm³/mol. The molecular weight excluding hydrogens is 292 g/mol. The van der Waals surface area contributed by atoms with E-state index in [0.29, 0.717) is 6.04 Å². The van der Waals surface area contributed by atoms with E-state index in [4.69, 9.17) is 12.2 Å². The van der Waals surface area contributed by atoms with Crippen LogP contribution in [0.15, 0.2) is 24.3 Å². The highest BCUT2D eigenvalue weighted by atomic mass is 32.1. The predicted octanol–water partition coefficient (Wildman–Crippen LogP) is 1.06. The van der Waals surface area contributed by atoms with Crippen LogP contribution in [-0.2, 0) is 12.8 Å². The minimum absolute atomic E-state index is 0.464. The van der Waals surface area contributed by atoms with Crippen molar-refractivity contribution in [2.24, 2.45) is 0 Å². The lowest BCUT2D eigenvalue weighted by Gasteiger charge is -2.24. The highest BCUT2D eigenvalue weighted by Crippen LogP contribution is 2.08. The maximum Gasteiger partial charge on any atom is 0.0795 e. The summed E-state index contributed by atoms with van der Waals surface area (Å²) in [5, 5.41) is 9.63. The summed E-state index contributed by atoms with van der Waals surface area (Å²) in [5.41, 5.74) is 2.62. The molecule has 0 saturated heterocycles. The van der Waals surface area contributed by atoms with E-state index < -0.39 is 0 Å². The van der Waals surface area contributed by atoms with Gasteiger partial charge < -0.3 is 20.9 Å². The number of nitrogens with zero attached hydrogens (tertiary/aromatic N) is 1. The zero-order valence-electron chi connectivity index (χ0n) is 14.3. The molecule has 0 heterocycles. The number of hydrogen-bond acceptors (Lipinski definition) is 4. The number of benzene rings is 1. The van der Waals surface area contributed by atoms with E-state index in [1.165, 1.54) is 11.1 Å². The van der Waals surface area contributed by atoms with Crippen LogP contribution in [0.4, 0.5) is 0 Å². The largest absolute Gasteiger partial charge is 0.382 e. The molecule has 5 heteroatoms. The summed E-state index contributed by atoms with van der Waals surface area (Å²) in [4.78, 5) is 3.24. The molecule has 1 aromatic carbocycles. The fraction of sp³-hybridized carbons (Fsp3) is 0.588. The molecule has 0 aliphatic rings. The third-order valence-corrected chi connectivity index (χ3v) is 4.18. The van der Waals surface area contributed by atoms with Crippen molar-refractivity contribution < 1.29 is 0 Å². The van der Waals surface area contributed by atoms with Crippen LogP contribution in [0.1, 0.15) is 11.1 Å². The van der Waals surface area contributed by atoms with E-state index in [1.807, 2.05) is 21.1 Å². The zero-order valence-corrected chi connectivity index (χ0v) is 15.1. The molecule has 3 N–H and O–H groups in total. The third-order valence-electron chi connectivity index (χ3n) is 3.83. The summed E-state index contributed by atoms with van der Waals surface area (Å²) in [6, 6.07) is 9.25. The van der Waals surface area contributed by atoms with Crippen molar-refractivity contribution in [3.8, 4) is 0 Å². The van der Waals surface area contributed by atoms with Crippen molar-refractivity contribution >= 4 is 17.2 Å². The van der Waals surface area contributed by atoms with E-state index in [1.54, 1.807) is 0 Å². The molecular formula is C17H30N4S. The van der Waals surface area contributed by atoms with Gasteiger partial charge >= 0.3 is 0 Å². The van der Waals surface area contributed by atoms with Crippen molar-refractivity contribution in [2.45, 2.75) is 18.9 Å². The van der Waals surface area contributed by atoms with Gasteiger partial charge in [-0.25, -0.2) is 0 Å². The van der Waals surface area contributed by atoms with E-state index >= 15 is 0 Å². The highest BCUT2D eigenvalue weighted by molar-refractivity contribution is 7.80. The Morgan fingerprint density at radius 3 is 2.32 bits per heavy atom. The lowest BCUT2D eigenvalue weighted by Crippen LogP contribution is -2.41. The van der Waals surface area contributed by atoms with Crippen molar-refractivity contribution in [2.75, 3.05) is 47.8 Å². The summed E-state index contributed by atoms with van der Waals surface area (Å²) < 4.78 is 0. The summed E-state index contributed by atoms with van der Waals surface area (Å²) in [7, 11) is 8.07. The minimum atomic E-state index is 0.464. The number of rotatable bonds is 10. The van der Waals surface area contributed by atoms with E-state index in [9.17, 15) is 0 Å². The second kappa shape index (κ2) is 10.7. The molecule has 1 atom stereocenters. The second-order valence-electron chi connectivity index (χ2n) is 5.72. The summed E-state index contributed by atoms with van der Waals surface area (Å²) >= 11 is 5.21. The van der Waals surface area contributed by atoms with Crippen LogP contribution in [0, 0.1) is 0 Å². The quantitative estimate of drug-likeness (QED) is 0.562. The average Bonchev–Trinajstić information content (AvgIpc) is 2.53. The van der Waals surface area contributed by atoms with Gasteiger partial charge in [-0.2, -0.15) is 0 Å². The van der Waals surface area contributed by atoms with Crippen LogP contribution in [0.25, 0.3) is 0 Å². The Kier molecular flexibility index (Phi) is 9.24. The lowest BCUT2D eigenvalue weighted by atomic mass is 10.0. The van der Waals surface area contributed by atoms with Crippen molar-refractivity contribution in [1.29, 1.82) is 0 Å². The molecule has 4 nitrogen and oxygen atoms in total. The molecule has 1 aromatic rings. The Labute approximate surface area is 140 Å². The molecule has 22 heavy (non-hydrogen) atoms. The number of thiocarbonyl (C=S) groups is 1. The fourth-order valence-corrected chi connectivity index (χ4v) is 2.55. The smallest absolute Gasteiger partial charge is 0.0795 e. The molecule has 0 aromatic heterocycles. The molecule has 0 spiro atoms. The SMILES string of the molecule is CNCCN(C)C[C@H](Cc1ccc(CC(=S)NC)cc1)NC. The van der Waals surface area contributed by atoms with Gasteiger partial charge in [0.1, 0.15) is 0 Å². The molecule has 0 aliphatic carbocycles. The molecule has 1 rings (SSSR count). The van der Waals surface area contributed by atoms with E-state index in [-0.39, 0.29) is 0 Å². The van der Waals surface area contributed by atoms with Gasteiger partial charge in [-0.3, -0.25) is 0 Å². The fourth-order valence-electron chi connectivity index (χ4n) is 2.38. The standard InChI is InChI=1S/C17H30N4S/c1-18-9-10-21(4)13-16(19-2)11-14-5-7-15(8-6-14)12-17(22)20-3/h5-8,16,18-19H,9-13H2,1-4H3,(H,20,22)/t16-/m0/s1. The molecule has 0 unspecified atom stereocenters. The summed E-state index contributed by atoms with van der Waals surface area (Å²) in [6.45, 7) is 3.13. The van der Waals surface area contributed by atoms with Crippen LogP contribution in [0.3, 0.4) is 0 Å². The van der Waals surface area contributed by atoms with Crippen LogP contribution in [0.2, 0.25) is 0 Å². The van der Waals surface area contributed by atoms with Crippen LogP contribution < -0.4 is 16.0 Å². The highest BCUT2D eigenvalue weighted by Gasteiger charge is 2.10. The lowest BCUT2D eigenvalue weighted by molar-refractivity contribution is 0.295. The third kappa shape index (κ3) is 7.31. The minimum Gasteiger partial charge on any atom is -0.382 e. The Morgan fingerprint density at radius 2 is 1.77 bits per heavy atom. The normalized spacial score (nSPS) is 12.4. The van der Waals surface area contributed by atoms with Gasteiger partial charge in [0.25, 0.3) is 0 Å². The monoisotopic (exact) mass is 322 g/mol. The van der Waals surface area contributed by atoms with Crippen molar-refractivity contribution in [3.05, 3.63) is 35.4 Å². The first-order valence-corrected chi connectivity index (χ1v) is 8.28. The molecule has 0 radical (unpaired) electrons. The first kappa shape index (κ1) is 19.0. The van der Waals surface area contributed by atoms with Gasteiger partial charge in [0, 0.05) is 39.1 Å². The first-order chi connectivity index (χ1) is 10.6. The Bertz CT molecular complexity index is 433. The molecule has 0 amide bonds. The van der Waals surface area contributed by atoms with Gasteiger partial charge in [0.2, 0.25) is 0 Å². The average molecular weight is 323 g/mol. The van der Waals surface area contributed by atoms with Crippen molar-refractivity contribution in [1.82, 2.24) is 20.9 Å². The number of likely N-dealkylation sites (N-methyl/N-ethyl adjacent to an activating group) is 4. The van der Waals surface area contributed by atoms with Crippen LogP contribution >= 0.6 is 12.2 Å². The Morgan fingerprint density at radius 1 is 1.14 bits per heavy atom. The topological polar surface area (TPSA) is 39.3 Å². The molecule has 0 fully saturated rings. The number of nitrogens with one attached hydrogen (secondary N) is 3. The van der Waals surface area contributed by atoms with E-state index in [0.717, 1.165) is 37.5 Å². The zero-order chi connectivity index (χ0) is 16.4. The molecule has 0 bridgehead atoms. The molecule has 0 saturated carbocycles. The Hall–Kier alpha value is -1.01. The number of hydrogen-bond donors (Lipinski definition) is 3.